The van der Waals surface area contributed by atoms with Gasteiger partial charge in [0.2, 0.25) is 11.8 Å². The molecule has 0 spiro atoms. The van der Waals surface area contributed by atoms with E-state index in [0.717, 1.165) is 19.3 Å². The second-order valence-corrected chi connectivity index (χ2v) is 5.54. The molecular weight excluding hydrogens is 258 g/mol. The van der Waals surface area contributed by atoms with Crippen LogP contribution in [0.2, 0.25) is 0 Å². The first kappa shape index (κ1) is 16.9. The smallest absolute Gasteiger partial charge is 0.223 e. The number of rotatable bonds is 7. The minimum Gasteiger partial charge on any atom is -0.383 e. The van der Waals surface area contributed by atoms with Crippen LogP contribution >= 0.6 is 0 Å². The monoisotopic (exact) mass is 285 g/mol. The van der Waals surface area contributed by atoms with Gasteiger partial charge in [-0.25, -0.2) is 0 Å². The van der Waals surface area contributed by atoms with Gasteiger partial charge in [0.1, 0.15) is 0 Å². The van der Waals surface area contributed by atoms with Gasteiger partial charge < -0.3 is 21.1 Å². The van der Waals surface area contributed by atoms with Crippen molar-refractivity contribution in [2.45, 2.75) is 38.6 Å². The van der Waals surface area contributed by atoms with E-state index < -0.39 is 0 Å². The minimum absolute atomic E-state index is 0.0337. The maximum atomic E-state index is 12.1. The maximum absolute atomic E-state index is 12.1. The van der Waals surface area contributed by atoms with E-state index >= 15 is 0 Å². The Morgan fingerprint density at radius 1 is 1.25 bits per heavy atom. The van der Waals surface area contributed by atoms with Crippen LogP contribution in [0.25, 0.3) is 0 Å². The average molecular weight is 285 g/mol. The van der Waals surface area contributed by atoms with Gasteiger partial charge in [-0.15, -0.1) is 0 Å². The first-order valence-electron chi connectivity index (χ1n) is 7.33. The quantitative estimate of drug-likeness (QED) is 0.575. The van der Waals surface area contributed by atoms with Crippen molar-refractivity contribution >= 4 is 11.8 Å². The molecule has 116 valence electrons. The average Bonchev–Trinajstić information content (AvgIpc) is 2.38. The van der Waals surface area contributed by atoms with Gasteiger partial charge in [-0.2, -0.15) is 0 Å². The molecule has 1 fully saturated rings. The SMILES string of the molecule is COCCNC(=O)CCNC(=O)C1CCC(N)CC1C. The van der Waals surface area contributed by atoms with E-state index in [4.69, 9.17) is 10.5 Å². The zero-order chi connectivity index (χ0) is 15.0. The second kappa shape index (κ2) is 8.92. The predicted octanol–water partition coefficient (Wildman–Crippen LogP) is 0.0188. The van der Waals surface area contributed by atoms with Crippen molar-refractivity contribution in [3.8, 4) is 0 Å². The van der Waals surface area contributed by atoms with Crippen molar-refractivity contribution in [1.82, 2.24) is 10.6 Å². The van der Waals surface area contributed by atoms with Crippen LogP contribution in [-0.4, -0.2) is 44.7 Å². The highest BCUT2D eigenvalue weighted by Crippen LogP contribution is 2.29. The van der Waals surface area contributed by atoms with Crippen LogP contribution in [0.5, 0.6) is 0 Å². The van der Waals surface area contributed by atoms with Gasteiger partial charge in [-0.3, -0.25) is 9.59 Å². The number of carbonyl (C=O) groups is 2. The maximum Gasteiger partial charge on any atom is 0.223 e. The fourth-order valence-corrected chi connectivity index (χ4v) is 2.64. The summed E-state index contributed by atoms with van der Waals surface area (Å²) >= 11 is 0. The first-order valence-corrected chi connectivity index (χ1v) is 7.33. The molecule has 0 aromatic carbocycles. The van der Waals surface area contributed by atoms with Crippen molar-refractivity contribution in [2.75, 3.05) is 26.8 Å². The summed E-state index contributed by atoms with van der Waals surface area (Å²) in [6, 6.07) is 0.223. The van der Waals surface area contributed by atoms with E-state index in [-0.39, 0.29) is 23.8 Å². The molecule has 20 heavy (non-hydrogen) atoms. The van der Waals surface area contributed by atoms with Gasteiger partial charge in [0.05, 0.1) is 6.61 Å². The van der Waals surface area contributed by atoms with Crippen LogP contribution in [0.15, 0.2) is 0 Å². The lowest BCUT2D eigenvalue weighted by Crippen LogP contribution is -2.41. The molecule has 6 nitrogen and oxygen atoms in total. The van der Waals surface area contributed by atoms with Gasteiger partial charge in [0, 0.05) is 38.6 Å². The summed E-state index contributed by atoms with van der Waals surface area (Å²) in [5.41, 5.74) is 5.89. The van der Waals surface area contributed by atoms with Gasteiger partial charge >= 0.3 is 0 Å². The molecule has 0 heterocycles. The number of hydrogen-bond donors (Lipinski definition) is 3. The molecule has 6 heteroatoms. The van der Waals surface area contributed by atoms with Crippen molar-refractivity contribution in [1.29, 1.82) is 0 Å². The lowest BCUT2D eigenvalue weighted by atomic mass is 9.78. The fraction of sp³-hybridized carbons (Fsp3) is 0.857. The van der Waals surface area contributed by atoms with Gasteiger partial charge in [-0.05, 0) is 25.2 Å². The predicted molar refractivity (Wildman–Crippen MR) is 77.0 cm³/mol. The van der Waals surface area contributed by atoms with Crippen molar-refractivity contribution in [3.05, 3.63) is 0 Å². The zero-order valence-corrected chi connectivity index (χ0v) is 12.5. The molecule has 0 radical (unpaired) electrons. The number of nitrogens with one attached hydrogen (secondary N) is 2. The Morgan fingerprint density at radius 2 is 2.00 bits per heavy atom. The molecule has 0 aliphatic heterocycles. The number of nitrogens with two attached hydrogens (primary N) is 1. The molecule has 0 saturated heterocycles. The van der Waals surface area contributed by atoms with Crippen molar-refractivity contribution in [3.63, 3.8) is 0 Å². The largest absolute Gasteiger partial charge is 0.383 e. The van der Waals surface area contributed by atoms with Gasteiger partial charge in [-0.1, -0.05) is 6.92 Å². The fourth-order valence-electron chi connectivity index (χ4n) is 2.64. The Balaban J connectivity index is 2.18. The highest BCUT2D eigenvalue weighted by Gasteiger charge is 2.30. The number of ether oxygens (including phenoxy) is 1. The van der Waals surface area contributed by atoms with Crippen LogP contribution < -0.4 is 16.4 Å². The molecule has 1 aliphatic carbocycles. The summed E-state index contributed by atoms with van der Waals surface area (Å²) in [6.45, 7) is 3.45. The number of methoxy groups -OCH3 is 1. The third-order valence-corrected chi connectivity index (χ3v) is 3.83. The Labute approximate surface area is 120 Å². The molecule has 4 N–H and O–H groups in total. The van der Waals surface area contributed by atoms with E-state index in [1.165, 1.54) is 0 Å². The Morgan fingerprint density at radius 3 is 2.65 bits per heavy atom. The van der Waals surface area contributed by atoms with E-state index in [0.29, 0.717) is 32.0 Å². The Bertz CT molecular complexity index is 323. The normalized spacial score (nSPS) is 26.1. The van der Waals surface area contributed by atoms with Crippen LogP contribution in [0.4, 0.5) is 0 Å². The summed E-state index contributed by atoms with van der Waals surface area (Å²) in [5.74, 6) is 0.329. The molecule has 1 aliphatic rings. The molecular formula is C14H27N3O3. The molecule has 0 bridgehead atoms. The number of hydrogen-bond acceptors (Lipinski definition) is 4. The van der Waals surface area contributed by atoms with Gasteiger partial charge in [0.15, 0.2) is 0 Å². The van der Waals surface area contributed by atoms with Crippen LogP contribution in [0, 0.1) is 11.8 Å². The topological polar surface area (TPSA) is 93.5 Å². The molecule has 3 unspecified atom stereocenters. The van der Waals surface area contributed by atoms with Crippen molar-refractivity contribution in [2.24, 2.45) is 17.6 Å². The van der Waals surface area contributed by atoms with Gasteiger partial charge in [0.25, 0.3) is 0 Å². The summed E-state index contributed by atoms with van der Waals surface area (Å²) in [6.07, 6.45) is 2.94. The van der Waals surface area contributed by atoms with E-state index in [9.17, 15) is 9.59 Å². The number of carbonyl (C=O) groups excluding carboxylic acids is 2. The highest BCUT2D eigenvalue weighted by molar-refractivity contribution is 5.80. The molecule has 3 atom stereocenters. The number of amides is 2. The molecule has 0 aromatic rings. The summed E-state index contributed by atoms with van der Waals surface area (Å²) in [7, 11) is 1.59. The molecule has 1 rings (SSSR count). The Kier molecular flexibility index (Phi) is 7.54. The summed E-state index contributed by atoms with van der Waals surface area (Å²) < 4.78 is 4.84. The van der Waals surface area contributed by atoms with Crippen LogP contribution in [0.3, 0.4) is 0 Å². The molecule has 1 saturated carbocycles. The zero-order valence-electron chi connectivity index (χ0n) is 12.5. The summed E-state index contributed by atoms with van der Waals surface area (Å²) in [4.78, 5) is 23.5. The lowest BCUT2D eigenvalue weighted by molar-refractivity contribution is -0.127. The lowest BCUT2D eigenvalue weighted by Gasteiger charge is -2.31. The third-order valence-electron chi connectivity index (χ3n) is 3.83. The van der Waals surface area contributed by atoms with E-state index in [1.54, 1.807) is 7.11 Å². The second-order valence-electron chi connectivity index (χ2n) is 5.54. The van der Waals surface area contributed by atoms with E-state index in [2.05, 4.69) is 17.6 Å². The molecule has 2 amide bonds. The van der Waals surface area contributed by atoms with Crippen LogP contribution in [0.1, 0.15) is 32.6 Å². The standard InChI is InChI=1S/C14H27N3O3/c1-10-9-11(15)3-4-12(10)14(19)17-6-5-13(18)16-7-8-20-2/h10-12H,3-9,15H2,1-2H3,(H,16,18)(H,17,19). The highest BCUT2D eigenvalue weighted by atomic mass is 16.5. The summed E-state index contributed by atoms with van der Waals surface area (Å²) in [5, 5.41) is 5.57. The van der Waals surface area contributed by atoms with E-state index in [1.807, 2.05) is 0 Å². The third kappa shape index (κ3) is 5.88. The first-order chi connectivity index (χ1) is 9.54. The van der Waals surface area contributed by atoms with Crippen molar-refractivity contribution < 1.29 is 14.3 Å². The minimum atomic E-state index is -0.0685. The van der Waals surface area contributed by atoms with Crippen LogP contribution in [-0.2, 0) is 14.3 Å². The Hall–Kier alpha value is -1.14. The molecule has 0 aromatic heterocycles.